The summed E-state index contributed by atoms with van der Waals surface area (Å²) < 4.78 is 64.3. The molecule has 51 heavy (non-hydrogen) atoms. The first-order valence-corrected chi connectivity index (χ1v) is 15.7. The summed E-state index contributed by atoms with van der Waals surface area (Å²) >= 11 is 0. The smallest absolute Gasteiger partial charge is 1.00 e. The molecule has 0 saturated heterocycles. The van der Waals surface area contributed by atoms with Crippen LogP contribution in [0.1, 0.15) is 67.4 Å². The maximum atomic E-state index is 13.9. The minimum Gasteiger partial charge on any atom is -1.00 e. The van der Waals surface area contributed by atoms with Gasteiger partial charge in [0.2, 0.25) is 5.95 Å². The molecule has 266 valence electrons. The topological polar surface area (TPSA) is 127 Å². The van der Waals surface area contributed by atoms with Crippen LogP contribution in [0.2, 0.25) is 0 Å². The van der Waals surface area contributed by atoms with Gasteiger partial charge in [0.25, 0.3) is 0 Å². The third kappa shape index (κ3) is 10.5. The number of aryl methyl sites for hydroxylation is 1. The monoisotopic (exact) mass is 716 g/mol. The average molecular weight is 717 g/mol. The van der Waals surface area contributed by atoms with E-state index in [1.807, 2.05) is 25.1 Å². The Labute approximate surface area is 318 Å². The van der Waals surface area contributed by atoms with E-state index in [4.69, 9.17) is 24.1 Å². The van der Waals surface area contributed by atoms with Crippen molar-refractivity contribution in [3.63, 3.8) is 0 Å². The van der Waals surface area contributed by atoms with Crippen molar-refractivity contribution in [1.82, 2.24) is 9.97 Å². The van der Waals surface area contributed by atoms with Crippen LogP contribution in [0.25, 0.3) is 11.1 Å². The molecule has 4 rings (SSSR count). The fourth-order valence-corrected chi connectivity index (χ4v) is 5.60. The molecule has 0 atom stereocenters. The molecule has 0 aliphatic heterocycles. The quantitative estimate of drug-likeness (QED) is 0.132. The number of nitriles is 1. The molecule has 0 fully saturated rings. The molecule has 3 aromatic carbocycles. The van der Waals surface area contributed by atoms with Gasteiger partial charge in [0.15, 0.2) is 17.2 Å². The summed E-state index contributed by atoms with van der Waals surface area (Å²) in [5.41, 5.74) is 3.49. The van der Waals surface area contributed by atoms with Crippen LogP contribution in [0.3, 0.4) is 0 Å². The summed E-state index contributed by atoms with van der Waals surface area (Å²) in [5, 5.41) is 18.4. The molecule has 0 aliphatic carbocycles. The number of alkyl halides is 3. The van der Waals surface area contributed by atoms with Gasteiger partial charge < -0.3 is 30.4 Å². The SMILES string of the molecule is COc1cc(CN(Cc2cc(C#N)cc(C(F)(F)F)c2)c2ncc(OCCCC(=O)O)cn2)c(-c2cc(C(C)C)c(C)cc2OC)cc1OC.[H-].[Na+]. The molecule has 0 aliphatic rings. The van der Waals surface area contributed by atoms with E-state index >= 15 is 0 Å². The van der Waals surface area contributed by atoms with Gasteiger partial charge in [-0.15, -0.1) is 0 Å². The molecule has 1 N–H and O–H groups in total. The fourth-order valence-electron chi connectivity index (χ4n) is 5.60. The van der Waals surface area contributed by atoms with E-state index in [-0.39, 0.29) is 86.5 Å². The van der Waals surface area contributed by atoms with Gasteiger partial charge in [-0.3, -0.25) is 4.79 Å². The van der Waals surface area contributed by atoms with E-state index in [1.165, 1.54) is 32.7 Å². The van der Waals surface area contributed by atoms with Crippen LogP contribution in [-0.4, -0.2) is 49.0 Å². The molecule has 0 amide bonds. The Kier molecular flexibility index (Phi) is 14.5. The molecule has 0 radical (unpaired) electrons. The van der Waals surface area contributed by atoms with E-state index in [0.717, 1.165) is 34.4 Å². The van der Waals surface area contributed by atoms with Crippen molar-refractivity contribution in [2.45, 2.75) is 58.8 Å². The Bertz CT molecular complexity index is 1870. The molecule has 0 unspecified atom stereocenters. The van der Waals surface area contributed by atoms with Gasteiger partial charge >= 0.3 is 41.7 Å². The molecular weight excluding hydrogens is 676 g/mol. The van der Waals surface area contributed by atoms with E-state index in [0.29, 0.717) is 28.6 Å². The van der Waals surface area contributed by atoms with E-state index in [2.05, 4.69) is 29.9 Å². The van der Waals surface area contributed by atoms with Gasteiger partial charge in [-0.1, -0.05) is 13.8 Å². The second kappa shape index (κ2) is 18.1. The first kappa shape index (κ1) is 40.9. The van der Waals surface area contributed by atoms with Crippen LogP contribution in [0.15, 0.2) is 54.9 Å². The molecule has 10 nitrogen and oxygen atoms in total. The summed E-state index contributed by atoms with van der Waals surface area (Å²) in [6, 6.07) is 12.7. The summed E-state index contributed by atoms with van der Waals surface area (Å²) in [4.78, 5) is 21.5. The first-order chi connectivity index (χ1) is 23.8. The molecule has 0 spiro atoms. The van der Waals surface area contributed by atoms with E-state index < -0.39 is 17.7 Å². The Hall–Kier alpha value is -4.51. The number of aliphatic carboxylic acids is 1. The predicted molar refractivity (Wildman–Crippen MR) is 182 cm³/mol. The number of nitrogens with zero attached hydrogens (tertiary/aromatic N) is 4. The third-order valence-electron chi connectivity index (χ3n) is 7.99. The molecule has 0 saturated carbocycles. The molecule has 4 aromatic rings. The number of carboxylic acid groups (broad SMARTS) is 1. The van der Waals surface area contributed by atoms with Crippen LogP contribution in [-0.2, 0) is 24.1 Å². The van der Waals surface area contributed by atoms with E-state index in [9.17, 15) is 23.2 Å². The number of hydrogen-bond donors (Lipinski definition) is 1. The van der Waals surface area contributed by atoms with Gasteiger partial charge in [-0.25, -0.2) is 9.97 Å². The van der Waals surface area contributed by atoms with Crippen molar-refractivity contribution < 1.29 is 73.0 Å². The number of benzene rings is 3. The van der Waals surface area contributed by atoms with Crippen molar-refractivity contribution in [1.29, 1.82) is 5.26 Å². The van der Waals surface area contributed by atoms with Gasteiger partial charge in [-0.05, 0) is 89.5 Å². The van der Waals surface area contributed by atoms with E-state index in [1.54, 1.807) is 18.1 Å². The Morgan fingerprint density at radius 3 is 2.16 bits per heavy atom. The summed E-state index contributed by atoms with van der Waals surface area (Å²) in [6.45, 7) is 6.31. The molecule has 1 heterocycles. The Morgan fingerprint density at radius 1 is 0.941 bits per heavy atom. The maximum absolute atomic E-state index is 13.9. The molecule has 0 bridgehead atoms. The number of aromatic nitrogens is 2. The van der Waals surface area contributed by atoms with Crippen molar-refractivity contribution in [2.75, 3.05) is 32.8 Å². The molecular formula is C37H40F3N4NaO6. The van der Waals surface area contributed by atoms with Crippen LogP contribution >= 0.6 is 0 Å². The first-order valence-electron chi connectivity index (χ1n) is 15.7. The largest absolute Gasteiger partial charge is 1.00 e. The molecule has 1 aromatic heterocycles. The third-order valence-corrected chi connectivity index (χ3v) is 7.99. The number of methoxy groups -OCH3 is 3. The standard InChI is InChI=1S/C37H39F3N4O6.Na.H/c1-22(2)29-15-31(32(47-4)10-23(29)3)30-16-34(49-6)33(48-5)14-26(30)21-44(20-25-11-24(17-41)12-27(13-25)37(38,39)40)36-42-18-28(19-43-36)50-9-7-8-35(45)46;;/h10-16,18-19,22H,7-9,20-21H2,1-6H3,(H,45,46);;/q;+1;-1. The fraction of sp³-hybridized carbons (Fsp3) is 0.351. The Balaban J connectivity index is 0.00000468. The average Bonchev–Trinajstić information content (AvgIpc) is 3.09. The van der Waals surface area contributed by atoms with Crippen LogP contribution in [0.5, 0.6) is 23.0 Å². The zero-order valence-electron chi connectivity index (χ0n) is 30.7. The number of ether oxygens (including phenoxy) is 4. The number of hydrogen-bond acceptors (Lipinski definition) is 9. The Morgan fingerprint density at radius 2 is 1.59 bits per heavy atom. The zero-order valence-corrected chi connectivity index (χ0v) is 31.7. The van der Waals surface area contributed by atoms with Crippen LogP contribution < -0.4 is 53.4 Å². The molecule has 14 heteroatoms. The van der Waals surface area contributed by atoms with Gasteiger partial charge in [0, 0.05) is 25.1 Å². The number of carboxylic acids is 1. The van der Waals surface area contributed by atoms with Crippen molar-refractivity contribution in [3.8, 4) is 40.2 Å². The zero-order chi connectivity index (χ0) is 36.6. The van der Waals surface area contributed by atoms with Gasteiger partial charge in [-0.2, -0.15) is 18.4 Å². The minimum absolute atomic E-state index is 0. The predicted octanol–water partition coefficient (Wildman–Crippen LogP) is 5.06. The second-order valence-corrected chi connectivity index (χ2v) is 11.9. The summed E-state index contributed by atoms with van der Waals surface area (Å²) in [7, 11) is 4.62. The van der Waals surface area contributed by atoms with Crippen molar-refractivity contribution in [3.05, 3.63) is 88.2 Å². The normalized spacial score (nSPS) is 11.0. The number of carbonyl (C=O) groups is 1. The van der Waals surface area contributed by atoms with Gasteiger partial charge in [0.1, 0.15) is 5.75 Å². The number of halogens is 3. The summed E-state index contributed by atoms with van der Waals surface area (Å²) in [5.74, 6) is 1.23. The van der Waals surface area contributed by atoms with Crippen molar-refractivity contribution >= 4 is 11.9 Å². The van der Waals surface area contributed by atoms with Gasteiger partial charge in [0.05, 0.1) is 57.5 Å². The maximum Gasteiger partial charge on any atom is 1.00 e. The van der Waals surface area contributed by atoms with Crippen LogP contribution in [0, 0.1) is 18.3 Å². The number of rotatable bonds is 15. The van der Waals surface area contributed by atoms with Crippen LogP contribution in [0.4, 0.5) is 19.1 Å². The van der Waals surface area contributed by atoms with Crippen molar-refractivity contribution in [2.24, 2.45) is 0 Å². The second-order valence-electron chi connectivity index (χ2n) is 11.9. The number of anilines is 1. The summed E-state index contributed by atoms with van der Waals surface area (Å²) in [6.07, 6.45) is -1.63. The minimum atomic E-state index is -4.67.